The summed E-state index contributed by atoms with van der Waals surface area (Å²) < 4.78 is 6.42. The average Bonchev–Trinajstić information content (AvgIpc) is 3.36. The predicted molar refractivity (Wildman–Crippen MR) is 146 cm³/mol. The summed E-state index contributed by atoms with van der Waals surface area (Å²) in [6.45, 7) is 4.71. The van der Waals surface area contributed by atoms with Crippen LogP contribution in [0.2, 0.25) is 0 Å². The molecule has 0 spiro atoms. The molecule has 0 unspecified atom stereocenters. The second-order valence-corrected chi connectivity index (χ2v) is 10.2. The van der Waals surface area contributed by atoms with Gasteiger partial charge in [0, 0.05) is 17.9 Å². The van der Waals surface area contributed by atoms with E-state index in [1.807, 2.05) is 74.5 Å². The van der Waals surface area contributed by atoms with Crippen LogP contribution >= 0.6 is 0 Å². The van der Waals surface area contributed by atoms with E-state index >= 15 is 0 Å². The Bertz CT molecular complexity index is 1050. The van der Waals surface area contributed by atoms with Crippen LogP contribution in [0.4, 0.5) is 0 Å². The van der Waals surface area contributed by atoms with Crippen molar-refractivity contribution in [3.05, 3.63) is 81.9 Å². The van der Waals surface area contributed by atoms with E-state index in [2.05, 4.69) is 10.6 Å². The largest absolute Gasteiger partial charge is 0.373 e. The molecule has 3 rings (SSSR count). The van der Waals surface area contributed by atoms with Crippen molar-refractivity contribution in [2.45, 2.75) is 76.8 Å². The number of carbonyl (C=O) groups is 2. The number of benzene rings is 2. The fraction of sp³-hybridized carbons (Fsp3) is 0.517. The molecule has 1 heterocycles. The Balaban J connectivity index is 1.82. The first-order valence-electron chi connectivity index (χ1n) is 13.7. The highest BCUT2D eigenvalue weighted by Gasteiger charge is 2.57. The number of hydrogen-bond donors (Lipinski definition) is 4. The molecule has 2 aromatic rings. The van der Waals surface area contributed by atoms with Crippen LogP contribution in [0, 0.1) is 22.0 Å². The number of nitrogens with one attached hydrogen (secondary N) is 3. The normalized spacial score (nSPS) is 22.1. The van der Waals surface area contributed by atoms with Crippen LogP contribution in [-0.2, 0) is 20.9 Å². The van der Waals surface area contributed by atoms with Crippen LogP contribution < -0.4 is 16.1 Å². The van der Waals surface area contributed by atoms with Gasteiger partial charge in [0.15, 0.2) is 0 Å². The summed E-state index contributed by atoms with van der Waals surface area (Å²) in [6.07, 6.45) is 2.33. The maximum Gasteiger partial charge on any atom is 0.243 e. The lowest BCUT2D eigenvalue weighted by atomic mass is 9.80. The third-order valence-corrected chi connectivity index (χ3v) is 7.54. The van der Waals surface area contributed by atoms with Crippen molar-refractivity contribution >= 4 is 11.8 Å². The van der Waals surface area contributed by atoms with Gasteiger partial charge in [0.25, 0.3) is 0 Å². The number of hydrogen-bond acceptors (Lipinski definition) is 7. The maximum atomic E-state index is 13.5. The minimum absolute atomic E-state index is 0.0227. The molecule has 1 aliphatic heterocycles. The number of hydroxylamine groups is 1. The molecule has 0 saturated carbocycles. The van der Waals surface area contributed by atoms with Crippen LogP contribution in [0.1, 0.15) is 63.1 Å². The molecule has 212 valence electrons. The van der Waals surface area contributed by atoms with Gasteiger partial charge in [-0.3, -0.25) is 30.2 Å². The Hall–Kier alpha value is -3.34. The highest BCUT2D eigenvalue weighted by molar-refractivity contribution is 5.83. The Labute approximate surface area is 229 Å². The van der Waals surface area contributed by atoms with E-state index in [1.165, 1.54) is 0 Å². The molecule has 0 radical (unpaired) electrons. The number of nitrogens with zero attached hydrogens (tertiary/aromatic N) is 1. The molecule has 4 N–H and O–H groups in total. The van der Waals surface area contributed by atoms with Crippen LogP contribution in [0.15, 0.2) is 60.7 Å². The Morgan fingerprint density at radius 2 is 1.74 bits per heavy atom. The number of rotatable bonds is 15. The van der Waals surface area contributed by atoms with E-state index in [0.29, 0.717) is 32.4 Å². The van der Waals surface area contributed by atoms with Gasteiger partial charge in [-0.15, -0.1) is 0 Å². The molecule has 0 aromatic heterocycles. The molecule has 10 nitrogen and oxygen atoms in total. The predicted octanol–water partition coefficient (Wildman–Crippen LogP) is 3.77. The monoisotopic (exact) mass is 540 g/mol. The quantitative estimate of drug-likeness (QED) is 0.117. The van der Waals surface area contributed by atoms with Crippen LogP contribution in [-0.4, -0.2) is 46.7 Å². The molecule has 10 heteroatoms. The van der Waals surface area contributed by atoms with E-state index in [0.717, 1.165) is 17.5 Å². The SMILES string of the molecule is CC[C@H](C)[C@H](OCc1ccccc1)[C@H]1[C@H]([N+](=O)[O-])[C@H](c2ccccc2)N[C@@H]1C(=O)NCCCCCC(=O)NO. The number of ether oxygens (including phenoxy) is 1. The zero-order chi connectivity index (χ0) is 28.2. The van der Waals surface area contributed by atoms with Gasteiger partial charge in [-0.25, -0.2) is 5.48 Å². The Morgan fingerprint density at radius 3 is 2.36 bits per heavy atom. The maximum absolute atomic E-state index is 13.5. The van der Waals surface area contributed by atoms with Crippen molar-refractivity contribution < 1.29 is 24.5 Å². The van der Waals surface area contributed by atoms with Gasteiger partial charge < -0.3 is 10.1 Å². The second-order valence-electron chi connectivity index (χ2n) is 10.2. The smallest absolute Gasteiger partial charge is 0.243 e. The van der Waals surface area contributed by atoms with Gasteiger partial charge in [-0.05, 0) is 29.9 Å². The van der Waals surface area contributed by atoms with E-state index < -0.39 is 36.1 Å². The van der Waals surface area contributed by atoms with Gasteiger partial charge >= 0.3 is 0 Å². The second kappa shape index (κ2) is 15.3. The molecule has 2 aromatic carbocycles. The molecule has 0 bridgehead atoms. The zero-order valence-corrected chi connectivity index (χ0v) is 22.6. The molecule has 6 atom stereocenters. The van der Waals surface area contributed by atoms with Crippen molar-refractivity contribution in [1.82, 2.24) is 16.1 Å². The zero-order valence-electron chi connectivity index (χ0n) is 22.6. The van der Waals surface area contributed by atoms with Gasteiger partial charge in [-0.2, -0.15) is 0 Å². The van der Waals surface area contributed by atoms with Crippen molar-refractivity contribution in [3.8, 4) is 0 Å². The molecular formula is C29H40N4O6. The number of amides is 2. The van der Waals surface area contributed by atoms with Crippen molar-refractivity contribution in [2.75, 3.05) is 6.54 Å². The molecule has 2 amide bonds. The summed E-state index contributed by atoms with van der Waals surface area (Å²) in [5.41, 5.74) is 3.33. The van der Waals surface area contributed by atoms with Crippen molar-refractivity contribution in [1.29, 1.82) is 0 Å². The van der Waals surface area contributed by atoms with Gasteiger partial charge in [-0.1, -0.05) is 87.4 Å². The van der Waals surface area contributed by atoms with Crippen molar-refractivity contribution in [3.63, 3.8) is 0 Å². The van der Waals surface area contributed by atoms with Gasteiger partial charge in [0.1, 0.15) is 6.04 Å². The standard InChI is InChI=1S/C29H40N4O6/c1-3-20(2)28(39-19-21-13-7-4-8-14-21)24-26(29(35)30-18-12-6-11-17-23(34)32-36)31-25(27(24)33(37)38)22-15-9-5-10-16-22/h4-5,7-10,13-16,20,24-28,31,36H,3,6,11-12,17-19H2,1-2H3,(H,30,35)(H,32,34)/t20-,24+,25-,26-,27-,28-/m0/s1. The van der Waals surface area contributed by atoms with Crippen molar-refractivity contribution in [2.24, 2.45) is 11.8 Å². The summed E-state index contributed by atoms with van der Waals surface area (Å²) in [4.78, 5) is 37.0. The molecule has 1 fully saturated rings. The summed E-state index contributed by atoms with van der Waals surface area (Å²) >= 11 is 0. The summed E-state index contributed by atoms with van der Waals surface area (Å²) in [5.74, 6) is -1.46. The van der Waals surface area contributed by atoms with E-state index in [1.54, 1.807) is 5.48 Å². The fourth-order valence-corrected chi connectivity index (χ4v) is 5.29. The van der Waals surface area contributed by atoms with Crippen LogP contribution in [0.25, 0.3) is 0 Å². The minimum Gasteiger partial charge on any atom is -0.373 e. The third kappa shape index (κ3) is 8.32. The fourth-order valence-electron chi connectivity index (χ4n) is 5.29. The molecular weight excluding hydrogens is 500 g/mol. The van der Waals surface area contributed by atoms with E-state index in [9.17, 15) is 19.7 Å². The van der Waals surface area contributed by atoms with Crippen LogP contribution in [0.5, 0.6) is 0 Å². The highest BCUT2D eigenvalue weighted by Crippen LogP contribution is 2.39. The number of unbranched alkanes of at least 4 members (excludes halogenated alkanes) is 2. The first-order valence-corrected chi connectivity index (χ1v) is 13.7. The Kier molecular flexibility index (Phi) is 11.9. The van der Waals surface area contributed by atoms with E-state index in [4.69, 9.17) is 9.94 Å². The van der Waals surface area contributed by atoms with Crippen LogP contribution in [0.3, 0.4) is 0 Å². The lowest BCUT2D eigenvalue weighted by Crippen LogP contribution is -2.51. The summed E-state index contributed by atoms with van der Waals surface area (Å²) in [5, 5.41) is 27.4. The Morgan fingerprint density at radius 1 is 1.08 bits per heavy atom. The molecule has 1 aliphatic rings. The summed E-state index contributed by atoms with van der Waals surface area (Å²) in [6, 6.07) is 16.4. The van der Waals surface area contributed by atoms with Gasteiger partial charge in [0.2, 0.25) is 17.9 Å². The first-order chi connectivity index (χ1) is 18.9. The highest BCUT2D eigenvalue weighted by atomic mass is 16.6. The lowest BCUT2D eigenvalue weighted by Gasteiger charge is -2.32. The molecule has 0 aliphatic carbocycles. The molecule has 1 saturated heterocycles. The number of nitro groups is 1. The van der Waals surface area contributed by atoms with Gasteiger partial charge in [0.05, 0.1) is 24.7 Å². The minimum atomic E-state index is -1.06. The number of carbonyl (C=O) groups excluding carboxylic acids is 2. The summed E-state index contributed by atoms with van der Waals surface area (Å²) in [7, 11) is 0. The first kappa shape index (κ1) is 30.2. The average molecular weight is 541 g/mol. The third-order valence-electron chi connectivity index (χ3n) is 7.54. The molecule has 39 heavy (non-hydrogen) atoms. The lowest BCUT2D eigenvalue weighted by molar-refractivity contribution is -0.535. The van der Waals surface area contributed by atoms with E-state index in [-0.39, 0.29) is 23.2 Å². The topological polar surface area (TPSA) is 143 Å².